The van der Waals surface area contributed by atoms with E-state index in [0.29, 0.717) is 28.6 Å². The maximum absolute atomic E-state index is 10.4. The summed E-state index contributed by atoms with van der Waals surface area (Å²) in [5.74, 6) is 2.37. The molecule has 0 spiro atoms. The fourth-order valence-electron chi connectivity index (χ4n) is 3.33. The topological polar surface area (TPSA) is 65.7 Å². The minimum Gasteiger partial charge on any atom is -0.507 e. The predicted octanol–water partition coefficient (Wildman–Crippen LogP) is 4.42. The minimum atomic E-state index is 0.159. The molecule has 0 aliphatic heterocycles. The van der Waals surface area contributed by atoms with Crippen molar-refractivity contribution in [1.82, 2.24) is 9.55 Å². The van der Waals surface area contributed by atoms with E-state index in [-0.39, 0.29) is 5.75 Å². The van der Waals surface area contributed by atoms with E-state index in [1.165, 1.54) is 0 Å². The summed E-state index contributed by atoms with van der Waals surface area (Å²) < 4.78 is 18.4. The Morgan fingerprint density at radius 2 is 1.46 bits per heavy atom. The molecule has 0 aliphatic carbocycles. The summed E-state index contributed by atoms with van der Waals surface area (Å²) in [6, 6.07) is 18.7. The molecular weight excluding hydrogens is 356 g/mol. The van der Waals surface area contributed by atoms with Crippen LogP contribution in [-0.4, -0.2) is 36.0 Å². The summed E-state index contributed by atoms with van der Waals surface area (Å²) in [7, 11) is 4.73. The van der Waals surface area contributed by atoms with Gasteiger partial charge in [0.2, 0.25) is 5.75 Å². The van der Waals surface area contributed by atoms with Crippen molar-refractivity contribution >= 4 is 11.0 Å². The van der Waals surface area contributed by atoms with E-state index in [1.807, 2.05) is 53.1 Å². The zero-order chi connectivity index (χ0) is 19.7. The zero-order valence-corrected chi connectivity index (χ0v) is 15.8. The summed E-state index contributed by atoms with van der Waals surface area (Å²) in [6.07, 6.45) is 0. The lowest BCUT2D eigenvalue weighted by atomic mass is 10.1. The van der Waals surface area contributed by atoms with Crippen LogP contribution in [0.1, 0.15) is 0 Å². The first-order valence-electron chi connectivity index (χ1n) is 8.74. The largest absolute Gasteiger partial charge is 0.507 e. The first-order chi connectivity index (χ1) is 13.7. The molecule has 4 aromatic rings. The third-order valence-corrected chi connectivity index (χ3v) is 4.61. The fraction of sp³-hybridized carbons (Fsp3) is 0.136. The summed E-state index contributed by atoms with van der Waals surface area (Å²) in [4.78, 5) is 4.76. The van der Waals surface area contributed by atoms with Crippen molar-refractivity contribution < 1.29 is 19.3 Å². The van der Waals surface area contributed by atoms with E-state index in [4.69, 9.17) is 19.2 Å². The quantitative estimate of drug-likeness (QED) is 0.558. The van der Waals surface area contributed by atoms with Crippen LogP contribution in [0.5, 0.6) is 23.0 Å². The molecule has 0 saturated heterocycles. The Kier molecular flexibility index (Phi) is 4.53. The molecule has 0 fully saturated rings. The van der Waals surface area contributed by atoms with Crippen LogP contribution < -0.4 is 14.2 Å². The van der Waals surface area contributed by atoms with Gasteiger partial charge in [0, 0.05) is 12.1 Å². The first-order valence-corrected chi connectivity index (χ1v) is 8.74. The number of aromatic hydroxyl groups is 1. The van der Waals surface area contributed by atoms with Crippen LogP contribution in [0.2, 0.25) is 0 Å². The average Bonchev–Trinajstić information content (AvgIpc) is 3.12. The number of phenols is 1. The summed E-state index contributed by atoms with van der Waals surface area (Å²) in [5.41, 5.74) is 3.12. The van der Waals surface area contributed by atoms with Crippen molar-refractivity contribution in [1.29, 1.82) is 0 Å². The lowest BCUT2D eigenvalue weighted by molar-refractivity contribution is 0.324. The summed E-state index contributed by atoms with van der Waals surface area (Å²) in [5, 5.41) is 10.4. The normalized spacial score (nSPS) is 10.8. The van der Waals surface area contributed by atoms with E-state index in [2.05, 4.69) is 0 Å². The van der Waals surface area contributed by atoms with Gasteiger partial charge in [-0.3, -0.25) is 4.57 Å². The smallest absolute Gasteiger partial charge is 0.203 e. The molecule has 28 heavy (non-hydrogen) atoms. The molecule has 1 aromatic heterocycles. The highest BCUT2D eigenvalue weighted by Gasteiger charge is 2.20. The number of benzene rings is 3. The Balaban J connectivity index is 2.07. The Labute approximate surface area is 162 Å². The number of para-hydroxylation sites is 3. The lowest BCUT2D eigenvalue weighted by Crippen LogP contribution is -2.01. The van der Waals surface area contributed by atoms with E-state index in [1.54, 1.807) is 33.5 Å². The van der Waals surface area contributed by atoms with Gasteiger partial charge in [0.15, 0.2) is 11.5 Å². The van der Waals surface area contributed by atoms with Crippen LogP contribution in [0.15, 0.2) is 60.7 Å². The van der Waals surface area contributed by atoms with Crippen molar-refractivity contribution in [2.45, 2.75) is 0 Å². The number of aromatic nitrogens is 2. The molecule has 3 aromatic carbocycles. The number of hydrogen-bond donors (Lipinski definition) is 1. The van der Waals surface area contributed by atoms with Crippen LogP contribution in [0.3, 0.4) is 0 Å². The molecule has 0 aliphatic rings. The van der Waals surface area contributed by atoms with Gasteiger partial charge in [0.05, 0.1) is 43.6 Å². The predicted molar refractivity (Wildman–Crippen MR) is 108 cm³/mol. The van der Waals surface area contributed by atoms with Crippen molar-refractivity contribution in [3.8, 4) is 40.1 Å². The maximum atomic E-state index is 10.4. The third kappa shape index (κ3) is 2.79. The van der Waals surface area contributed by atoms with Crippen molar-refractivity contribution in [2.75, 3.05) is 21.3 Å². The second-order valence-corrected chi connectivity index (χ2v) is 6.16. The van der Waals surface area contributed by atoms with Crippen LogP contribution in [0, 0.1) is 0 Å². The molecular formula is C22H20N2O4. The van der Waals surface area contributed by atoms with E-state index in [9.17, 15) is 5.11 Å². The minimum absolute atomic E-state index is 0.159. The molecule has 0 radical (unpaired) electrons. The second-order valence-electron chi connectivity index (χ2n) is 6.16. The Bertz CT molecular complexity index is 1130. The highest BCUT2D eigenvalue weighted by Crippen LogP contribution is 2.41. The van der Waals surface area contributed by atoms with Gasteiger partial charge in [-0.1, -0.05) is 24.3 Å². The number of nitrogens with zero attached hydrogens (tertiary/aromatic N) is 2. The van der Waals surface area contributed by atoms with Crippen LogP contribution in [-0.2, 0) is 0 Å². The standard InChI is InChI=1S/C22H20N2O4/c1-26-19-12-14(13-20(27-2)21(19)28-3)24-17-10-6-5-9-16(17)23-22(24)15-8-4-7-11-18(15)25/h4-13,25H,1-3H3. The van der Waals surface area contributed by atoms with Crippen LogP contribution in [0.25, 0.3) is 28.1 Å². The van der Waals surface area contributed by atoms with Crippen LogP contribution in [0.4, 0.5) is 0 Å². The molecule has 142 valence electrons. The highest BCUT2D eigenvalue weighted by molar-refractivity contribution is 5.84. The van der Waals surface area contributed by atoms with E-state index in [0.717, 1.165) is 16.7 Å². The zero-order valence-electron chi connectivity index (χ0n) is 15.8. The van der Waals surface area contributed by atoms with Gasteiger partial charge in [-0.05, 0) is 24.3 Å². The monoisotopic (exact) mass is 376 g/mol. The maximum Gasteiger partial charge on any atom is 0.203 e. The van der Waals surface area contributed by atoms with Gasteiger partial charge < -0.3 is 19.3 Å². The number of imidazole rings is 1. The molecule has 6 nitrogen and oxygen atoms in total. The van der Waals surface area contributed by atoms with Crippen LogP contribution >= 0.6 is 0 Å². The number of fused-ring (bicyclic) bond motifs is 1. The average molecular weight is 376 g/mol. The Hall–Kier alpha value is -3.67. The summed E-state index contributed by atoms with van der Waals surface area (Å²) >= 11 is 0. The SMILES string of the molecule is COc1cc(-n2c(-c3ccccc3O)nc3ccccc32)cc(OC)c1OC. The first kappa shape index (κ1) is 17.7. The molecule has 0 atom stereocenters. The number of phenolic OH excluding ortho intramolecular Hbond substituents is 1. The fourth-order valence-corrected chi connectivity index (χ4v) is 3.33. The molecule has 6 heteroatoms. The van der Waals surface area contributed by atoms with Crippen molar-refractivity contribution in [3.05, 3.63) is 60.7 Å². The van der Waals surface area contributed by atoms with Gasteiger partial charge >= 0.3 is 0 Å². The lowest BCUT2D eigenvalue weighted by Gasteiger charge is -2.16. The molecule has 1 N–H and O–H groups in total. The van der Waals surface area contributed by atoms with Gasteiger partial charge in [-0.25, -0.2) is 4.98 Å². The molecule has 4 rings (SSSR count). The molecule has 0 saturated carbocycles. The molecule has 0 unspecified atom stereocenters. The second kappa shape index (κ2) is 7.15. The molecule has 0 amide bonds. The Morgan fingerprint density at radius 1 is 0.821 bits per heavy atom. The highest BCUT2D eigenvalue weighted by atomic mass is 16.5. The summed E-state index contributed by atoms with van der Waals surface area (Å²) in [6.45, 7) is 0. The molecule has 1 heterocycles. The number of methoxy groups -OCH3 is 3. The third-order valence-electron chi connectivity index (χ3n) is 4.61. The van der Waals surface area contributed by atoms with Crippen molar-refractivity contribution in [3.63, 3.8) is 0 Å². The van der Waals surface area contributed by atoms with Gasteiger partial charge in [-0.15, -0.1) is 0 Å². The number of ether oxygens (including phenoxy) is 3. The van der Waals surface area contributed by atoms with Gasteiger partial charge in [0.25, 0.3) is 0 Å². The number of rotatable bonds is 5. The van der Waals surface area contributed by atoms with Gasteiger partial charge in [-0.2, -0.15) is 0 Å². The Morgan fingerprint density at radius 3 is 2.11 bits per heavy atom. The van der Waals surface area contributed by atoms with E-state index < -0.39 is 0 Å². The van der Waals surface area contributed by atoms with Gasteiger partial charge in [0.1, 0.15) is 11.6 Å². The molecule has 0 bridgehead atoms. The van der Waals surface area contributed by atoms with E-state index >= 15 is 0 Å². The number of hydrogen-bond acceptors (Lipinski definition) is 5. The van der Waals surface area contributed by atoms with Crippen molar-refractivity contribution in [2.24, 2.45) is 0 Å².